The number of Topliss-reactive ketones (excluding diaryl/α,β-unsaturated/α-hetero) is 1. The van der Waals surface area contributed by atoms with Gasteiger partial charge in [-0.25, -0.2) is 0 Å². The zero-order valence-electron chi connectivity index (χ0n) is 14.6. The zero-order valence-corrected chi connectivity index (χ0v) is 14.6. The molecule has 130 valence electrons. The highest BCUT2D eigenvalue weighted by atomic mass is 16.5. The monoisotopic (exact) mass is 339 g/mol. The molecule has 0 aliphatic carbocycles. The van der Waals surface area contributed by atoms with E-state index in [1.54, 1.807) is 30.0 Å². The summed E-state index contributed by atoms with van der Waals surface area (Å²) in [6.45, 7) is 5.96. The lowest BCUT2D eigenvalue weighted by Crippen LogP contribution is -2.46. The van der Waals surface area contributed by atoms with E-state index in [-0.39, 0.29) is 11.7 Å². The number of amides is 1. The number of anilines is 1. The number of benzene rings is 2. The molecular weight excluding hydrogens is 318 g/mol. The smallest absolute Gasteiger partial charge is 0.267 e. The molecule has 1 atom stereocenters. The van der Waals surface area contributed by atoms with E-state index in [0.29, 0.717) is 30.2 Å². The maximum Gasteiger partial charge on any atom is 0.267 e. The Morgan fingerprint density at radius 1 is 1.24 bits per heavy atom. The second-order valence-corrected chi connectivity index (χ2v) is 6.15. The van der Waals surface area contributed by atoms with Gasteiger partial charge < -0.3 is 14.4 Å². The Hall–Kier alpha value is -2.82. The third-order valence-corrected chi connectivity index (χ3v) is 4.15. The summed E-state index contributed by atoms with van der Waals surface area (Å²) in [5, 5.41) is 0. The van der Waals surface area contributed by atoms with Gasteiger partial charge in [-0.1, -0.05) is 12.1 Å². The minimum absolute atomic E-state index is 0.0511. The van der Waals surface area contributed by atoms with Gasteiger partial charge in [0.2, 0.25) is 0 Å². The molecule has 0 spiro atoms. The summed E-state index contributed by atoms with van der Waals surface area (Å²) in [6, 6.07) is 12.9. The molecule has 1 aliphatic rings. The van der Waals surface area contributed by atoms with Crippen LogP contribution in [-0.2, 0) is 4.79 Å². The van der Waals surface area contributed by atoms with E-state index < -0.39 is 6.10 Å². The molecule has 0 fully saturated rings. The lowest BCUT2D eigenvalue weighted by molar-refractivity contribution is -0.125. The highest BCUT2D eigenvalue weighted by Crippen LogP contribution is 2.35. The lowest BCUT2D eigenvalue weighted by atomic mass is 10.1. The molecule has 2 aromatic carbocycles. The maximum absolute atomic E-state index is 12.5. The molecule has 3 rings (SSSR count). The molecule has 0 aromatic heterocycles. The lowest BCUT2D eigenvalue weighted by Gasteiger charge is -2.33. The fourth-order valence-electron chi connectivity index (χ4n) is 2.82. The third-order valence-electron chi connectivity index (χ3n) is 4.15. The van der Waals surface area contributed by atoms with Crippen molar-refractivity contribution in [3.63, 3.8) is 0 Å². The predicted molar refractivity (Wildman–Crippen MR) is 95.6 cm³/mol. The van der Waals surface area contributed by atoms with Gasteiger partial charge in [0.15, 0.2) is 11.9 Å². The Labute approximate surface area is 147 Å². The number of aryl methyl sites for hydroxylation is 1. The minimum Gasteiger partial charge on any atom is -0.492 e. The molecule has 0 saturated carbocycles. The fourth-order valence-corrected chi connectivity index (χ4v) is 2.82. The Balaban J connectivity index is 1.79. The molecule has 0 bridgehead atoms. The molecule has 1 unspecified atom stereocenters. The van der Waals surface area contributed by atoms with Crippen LogP contribution in [0.2, 0.25) is 0 Å². The molecule has 0 saturated heterocycles. The second-order valence-electron chi connectivity index (χ2n) is 6.15. The second kappa shape index (κ2) is 6.97. The topological polar surface area (TPSA) is 55.8 Å². The summed E-state index contributed by atoms with van der Waals surface area (Å²) in [5.74, 6) is 1.19. The number of rotatable bonds is 5. The standard InChI is InChI=1S/C20H21NO4/c1-13-5-4-6-17(11-13)24-10-9-21-18-12-16(14(2)22)7-8-19(18)25-15(3)20(21)23/h4-8,11-12,15H,9-10H2,1-3H3. The molecule has 1 aliphatic heterocycles. The number of hydrogen-bond acceptors (Lipinski definition) is 4. The number of carbonyl (C=O) groups is 2. The summed E-state index contributed by atoms with van der Waals surface area (Å²) < 4.78 is 11.4. The van der Waals surface area contributed by atoms with Gasteiger partial charge in [0.1, 0.15) is 18.1 Å². The van der Waals surface area contributed by atoms with Crippen LogP contribution >= 0.6 is 0 Å². The highest BCUT2D eigenvalue weighted by molar-refractivity contribution is 6.02. The zero-order chi connectivity index (χ0) is 18.0. The number of hydrogen-bond donors (Lipinski definition) is 0. The van der Waals surface area contributed by atoms with Crippen molar-refractivity contribution in [3.8, 4) is 11.5 Å². The molecule has 0 N–H and O–H groups in total. The average molecular weight is 339 g/mol. The summed E-state index contributed by atoms with van der Waals surface area (Å²) in [4.78, 5) is 25.8. The van der Waals surface area contributed by atoms with Gasteiger partial charge in [-0.2, -0.15) is 0 Å². The van der Waals surface area contributed by atoms with E-state index in [4.69, 9.17) is 9.47 Å². The van der Waals surface area contributed by atoms with E-state index in [2.05, 4.69) is 0 Å². The van der Waals surface area contributed by atoms with E-state index >= 15 is 0 Å². The first kappa shape index (κ1) is 17.0. The third kappa shape index (κ3) is 3.65. The number of ether oxygens (including phenoxy) is 2. The Kier molecular flexibility index (Phi) is 4.74. The number of ketones is 1. The van der Waals surface area contributed by atoms with Crippen LogP contribution in [0.25, 0.3) is 0 Å². The van der Waals surface area contributed by atoms with Crippen molar-refractivity contribution in [1.29, 1.82) is 0 Å². The molecule has 2 aromatic rings. The van der Waals surface area contributed by atoms with Crippen LogP contribution in [0.3, 0.4) is 0 Å². The van der Waals surface area contributed by atoms with Crippen LogP contribution in [0.1, 0.15) is 29.8 Å². The Morgan fingerprint density at radius 3 is 2.76 bits per heavy atom. The van der Waals surface area contributed by atoms with Gasteiger partial charge in [0.05, 0.1) is 12.2 Å². The first-order valence-electron chi connectivity index (χ1n) is 8.28. The first-order chi connectivity index (χ1) is 12.0. The van der Waals surface area contributed by atoms with Gasteiger partial charge in [-0.15, -0.1) is 0 Å². The summed E-state index contributed by atoms with van der Waals surface area (Å²) in [5.41, 5.74) is 2.28. The largest absolute Gasteiger partial charge is 0.492 e. The van der Waals surface area contributed by atoms with Gasteiger partial charge >= 0.3 is 0 Å². The van der Waals surface area contributed by atoms with Crippen molar-refractivity contribution in [2.24, 2.45) is 0 Å². The molecule has 25 heavy (non-hydrogen) atoms. The van der Waals surface area contributed by atoms with Crippen molar-refractivity contribution in [1.82, 2.24) is 0 Å². The van der Waals surface area contributed by atoms with Crippen molar-refractivity contribution >= 4 is 17.4 Å². The molecule has 1 heterocycles. The van der Waals surface area contributed by atoms with Crippen molar-refractivity contribution in [2.45, 2.75) is 26.9 Å². The van der Waals surface area contributed by atoms with Gasteiger partial charge in [-0.3, -0.25) is 9.59 Å². The van der Waals surface area contributed by atoms with Crippen LogP contribution < -0.4 is 14.4 Å². The van der Waals surface area contributed by atoms with Crippen LogP contribution in [0.15, 0.2) is 42.5 Å². The van der Waals surface area contributed by atoms with Crippen LogP contribution in [0.4, 0.5) is 5.69 Å². The molecule has 5 nitrogen and oxygen atoms in total. The van der Waals surface area contributed by atoms with Crippen LogP contribution in [-0.4, -0.2) is 30.9 Å². The fraction of sp³-hybridized carbons (Fsp3) is 0.300. The minimum atomic E-state index is -0.561. The number of nitrogens with zero attached hydrogens (tertiary/aromatic N) is 1. The molecule has 5 heteroatoms. The Bertz CT molecular complexity index is 815. The first-order valence-corrected chi connectivity index (χ1v) is 8.28. The van der Waals surface area contributed by atoms with E-state index in [0.717, 1.165) is 11.3 Å². The molecule has 1 amide bonds. The SMILES string of the molecule is CC(=O)c1ccc2c(c1)N(CCOc1cccc(C)c1)C(=O)C(C)O2. The predicted octanol–water partition coefficient (Wildman–Crippen LogP) is 3.39. The van der Waals surface area contributed by atoms with E-state index in [1.807, 2.05) is 31.2 Å². The summed E-state index contributed by atoms with van der Waals surface area (Å²) >= 11 is 0. The van der Waals surface area contributed by atoms with Crippen molar-refractivity contribution < 1.29 is 19.1 Å². The maximum atomic E-state index is 12.5. The van der Waals surface area contributed by atoms with Gasteiger partial charge in [0.25, 0.3) is 5.91 Å². The van der Waals surface area contributed by atoms with Crippen LogP contribution in [0, 0.1) is 6.92 Å². The molecule has 0 radical (unpaired) electrons. The van der Waals surface area contributed by atoms with E-state index in [1.165, 1.54) is 6.92 Å². The molecular formula is C20H21NO4. The van der Waals surface area contributed by atoms with Crippen molar-refractivity contribution in [2.75, 3.05) is 18.1 Å². The van der Waals surface area contributed by atoms with Crippen molar-refractivity contribution in [3.05, 3.63) is 53.6 Å². The quantitative estimate of drug-likeness (QED) is 0.784. The van der Waals surface area contributed by atoms with Crippen LogP contribution in [0.5, 0.6) is 11.5 Å². The normalized spacial score (nSPS) is 16.2. The number of carbonyl (C=O) groups excluding carboxylic acids is 2. The number of fused-ring (bicyclic) bond motifs is 1. The van der Waals surface area contributed by atoms with E-state index in [9.17, 15) is 9.59 Å². The Morgan fingerprint density at radius 2 is 2.04 bits per heavy atom. The average Bonchev–Trinajstić information content (AvgIpc) is 2.58. The summed E-state index contributed by atoms with van der Waals surface area (Å²) in [6.07, 6.45) is -0.561. The van der Waals surface area contributed by atoms with Gasteiger partial charge in [-0.05, 0) is 56.7 Å². The van der Waals surface area contributed by atoms with Gasteiger partial charge in [0, 0.05) is 5.56 Å². The highest BCUT2D eigenvalue weighted by Gasteiger charge is 2.31. The summed E-state index contributed by atoms with van der Waals surface area (Å²) in [7, 11) is 0.